The molecule has 0 fully saturated rings. The van der Waals surface area contributed by atoms with Gasteiger partial charge in [0.25, 0.3) is 5.91 Å². The van der Waals surface area contributed by atoms with E-state index in [1.807, 2.05) is 0 Å². The summed E-state index contributed by atoms with van der Waals surface area (Å²) in [7, 11) is 0. The first-order chi connectivity index (χ1) is 2.64. The van der Waals surface area contributed by atoms with Gasteiger partial charge in [0, 0.05) is 0 Å². The third kappa shape index (κ3) is 1.84. The molecular weight excluding hydrogens is 98.1 g/mol. The summed E-state index contributed by atoms with van der Waals surface area (Å²) in [4.78, 5) is 9.84. The molecule has 0 saturated carbocycles. The van der Waals surface area contributed by atoms with Crippen LogP contribution in [0.25, 0.3) is 0 Å². The van der Waals surface area contributed by atoms with Crippen molar-refractivity contribution in [3.63, 3.8) is 0 Å². The standard InChI is InChI=1S/C3H5NOS/c1-2(6)3(4)5/h6H,1H2,(H2,4,5). The monoisotopic (exact) mass is 103 g/mol. The van der Waals surface area contributed by atoms with Crippen LogP contribution in [-0.2, 0) is 4.79 Å². The molecule has 0 spiro atoms. The number of amides is 1. The summed E-state index contributed by atoms with van der Waals surface area (Å²) < 4.78 is 0. The van der Waals surface area contributed by atoms with Gasteiger partial charge >= 0.3 is 0 Å². The first kappa shape index (κ1) is 5.56. The molecule has 0 radical (unpaired) electrons. The van der Waals surface area contributed by atoms with Gasteiger partial charge in [-0.3, -0.25) is 4.79 Å². The SMILES string of the molecule is C=C(S)C(N)=O. The van der Waals surface area contributed by atoms with Crippen LogP contribution < -0.4 is 5.73 Å². The number of hydrogen-bond donors (Lipinski definition) is 2. The van der Waals surface area contributed by atoms with Crippen LogP contribution in [0, 0.1) is 0 Å². The highest BCUT2D eigenvalue weighted by Crippen LogP contribution is 1.89. The van der Waals surface area contributed by atoms with Gasteiger partial charge in [0.15, 0.2) is 0 Å². The van der Waals surface area contributed by atoms with Gasteiger partial charge in [-0.2, -0.15) is 0 Å². The lowest BCUT2D eigenvalue weighted by molar-refractivity contribution is -0.113. The van der Waals surface area contributed by atoms with Crippen LogP contribution in [-0.4, -0.2) is 5.91 Å². The zero-order valence-electron chi connectivity index (χ0n) is 3.14. The van der Waals surface area contributed by atoms with Gasteiger partial charge in [0.05, 0.1) is 4.91 Å². The topological polar surface area (TPSA) is 43.1 Å². The fraction of sp³-hybridized carbons (Fsp3) is 0. The van der Waals surface area contributed by atoms with E-state index in [1.54, 1.807) is 0 Å². The Morgan fingerprint density at radius 2 is 2.00 bits per heavy atom. The number of nitrogens with two attached hydrogens (primary N) is 1. The Morgan fingerprint density at radius 1 is 1.83 bits per heavy atom. The maximum absolute atomic E-state index is 9.75. The fourth-order valence-electron chi connectivity index (χ4n) is 0. The molecule has 0 rings (SSSR count). The minimum atomic E-state index is -0.571. The van der Waals surface area contributed by atoms with E-state index in [0.29, 0.717) is 0 Å². The van der Waals surface area contributed by atoms with Crippen LogP contribution in [0.4, 0.5) is 0 Å². The molecule has 0 aromatic heterocycles. The number of hydrogen-bond acceptors (Lipinski definition) is 2. The zero-order valence-corrected chi connectivity index (χ0v) is 4.03. The average Bonchev–Trinajstić information content (AvgIpc) is 1.36. The second kappa shape index (κ2) is 1.87. The minimum absolute atomic E-state index is 0.0926. The lowest BCUT2D eigenvalue weighted by atomic mass is 10.6. The molecule has 0 saturated heterocycles. The molecule has 34 valence electrons. The molecule has 0 heterocycles. The minimum Gasteiger partial charge on any atom is -0.365 e. The summed E-state index contributed by atoms with van der Waals surface area (Å²) in [6.45, 7) is 3.14. The van der Waals surface area contributed by atoms with Crippen LogP contribution in [0.1, 0.15) is 0 Å². The number of carbonyl (C=O) groups is 1. The largest absolute Gasteiger partial charge is 0.365 e. The third-order valence-corrected chi connectivity index (χ3v) is 0.505. The summed E-state index contributed by atoms with van der Waals surface area (Å²) in [6.07, 6.45) is 0. The molecule has 2 N–H and O–H groups in total. The van der Waals surface area contributed by atoms with E-state index in [4.69, 9.17) is 0 Å². The second-order valence-electron chi connectivity index (χ2n) is 0.811. The van der Waals surface area contributed by atoms with Crippen LogP contribution in [0.2, 0.25) is 0 Å². The smallest absolute Gasteiger partial charge is 0.254 e. The van der Waals surface area contributed by atoms with Crippen molar-refractivity contribution in [1.82, 2.24) is 0 Å². The summed E-state index contributed by atoms with van der Waals surface area (Å²) in [5.41, 5.74) is 4.62. The van der Waals surface area contributed by atoms with Crippen molar-refractivity contribution in [2.24, 2.45) is 5.73 Å². The molecule has 0 aromatic rings. The van der Waals surface area contributed by atoms with E-state index < -0.39 is 5.91 Å². The number of carbonyl (C=O) groups excluding carboxylic acids is 1. The van der Waals surface area contributed by atoms with Crippen molar-refractivity contribution in [3.05, 3.63) is 11.5 Å². The van der Waals surface area contributed by atoms with Crippen molar-refractivity contribution in [1.29, 1.82) is 0 Å². The van der Waals surface area contributed by atoms with Crippen molar-refractivity contribution < 1.29 is 4.79 Å². The summed E-state index contributed by atoms with van der Waals surface area (Å²) in [5, 5.41) is 0. The van der Waals surface area contributed by atoms with Gasteiger partial charge in [-0.05, 0) is 0 Å². The van der Waals surface area contributed by atoms with Crippen LogP contribution >= 0.6 is 12.6 Å². The van der Waals surface area contributed by atoms with Crippen LogP contribution in [0.5, 0.6) is 0 Å². The Labute approximate surface area is 41.4 Å². The van der Waals surface area contributed by atoms with E-state index in [-0.39, 0.29) is 4.91 Å². The number of rotatable bonds is 1. The molecule has 1 amide bonds. The highest BCUT2D eigenvalue weighted by Gasteiger charge is 1.88. The Morgan fingerprint density at radius 3 is 2.00 bits per heavy atom. The maximum Gasteiger partial charge on any atom is 0.254 e. The lowest BCUT2D eigenvalue weighted by Gasteiger charge is -1.80. The lowest BCUT2D eigenvalue weighted by Crippen LogP contribution is -2.08. The molecule has 3 heteroatoms. The Kier molecular flexibility index (Phi) is 1.73. The summed E-state index contributed by atoms with van der Waals surface area (Å²) >= 11 is 3.52. The van der Waals surface area contributed by atoms with E-state index in [0.717, 1.165) is 0 Å². The molecule has 0 atom stereocenters. The number of thiol groups is 1. The van der Waals surface area contributed by atoms with Gasteiger partial charge in [-0.25, -0.2) is 0 Å². The van der Waals surface area contributed by atoms with Crippen molar-refractivity contribution >= 4 is 18.5 Å². The first-order valence-corrected chi connectivity index (χ1v) is 1.77. The Bertz CT molecular complexity index is 76.8. The molecule has 2 nitrogen and oxygen atoms in total. The molecule has 0 unspecified atom stereocenters. The molecule has 6 heavy (non-hydrogen) atoms. The predicted molar refractivity (Wildman–Crippen MR) is 27.3 cm³/mol. The predicted octanol–water partition coefficient (Wildman–Crippen LogP) is -0.0848. The second-order valence-corrected chi connectivity index (χ2v) is 1.35. The van der Waals surface area contributed by atoms with Gasteiger partial charge in [0.1, 0.15) is 0 Å². The highest BCUT2D eigenvalue weighted by atomic mass is 32.1. The van der Waals surface area contributed by atoms with E-state index in [2.05, 4.69) is 24.9 Å². The van der Waals surface area contributed by atoms with Gasteiger partial charge < -0.3 is 5.73 Å². The highest BCUT2D eigenvalue weighted by molar-refractivity contribution is 7.85. The van der Waals surface area contributed by atoms with Crippen molar-refractivity contribution in [2.45, 2.75) is 0 Å². The van der Waals surface area contributed by atoms with Gasteiger partial charge in [-0.1, -0.05) is 6.58 Å². The fourth-order valence-corrected chi connectivity index (χ4v) is 0. The maximum atomic E-state index is 9.75. The van der Waals surface area contributed by atoms with E-state index in [1.165, 1.54) is 0 Å². The van der Waals surface area contributed by atoms with Crippen LogP contribution in [0.15, 0.2) is 11.5 Å². The Hall–Kier alpha value is -0.440. The normalized spacial score (nSPS) is 7.50. The summed E-state index contributed by atoms with van der Waals surface area (Å²) in [6, 6.07) is 0. The molecule has 0 aliphatic rings. The molecule has 0 aliphatic carbocycles. The van der Waals surface area contributed by atoms with Crippen LogP contribution in [0.3, 0.4) is 0 Å². The summed E-state index contributed by atoms with van der Waals surface area (Å²) in [5.74, 6) is -0.571. The first-order valence-electron chi connectivity index (χ1n) is 1.32. The molecule has 0 bridgehead atoms. The van der Waals surface area contributed by atoms with Crippen molar-refractivity contribution in [2.75, 3.05) is 0 Å². The van der Waals surface area contributed by atoms with Gasteiger partial charge in [0.2, 0.25) is 0 Å². The molecule has 0 aliphatic heterocycles. The van der Waals surface area contributed by atoms with E-state index >= 15 is 0 Å². The quantitative estimate of drug-likeness (QED) is 0.353. The Balaban J connectivity index is 3.57. The van der Waals surface area contributed by atoms with Gasteiger partial charge in [-0.15, -0.1) is 12.6 Å². The van der Waals surface area contributed by atoms with Crippen molar-refractivity contribution in [3.8, 4) is 0 Å². The average molecular weight is 103 g/mol. The van der Waals surface area contributed by atoms with E-state index in [9.17, 15) is 4.79 Å². The molecule has 0 aromatic carbocycles. The third-order valence-electron chi connectivity index (χ3n) is 0.284. The zero-order chi connectivity index (χ0) is 5.15. The molecular formula is C3H5NOS. The number of primary amides is 1.